The number of hydrogen-bond donors (Lipinski definition) is 0. The first kappa shape index (κ1) is 20.6. The fraction of sp³-hybridized carbons (Fsp3) is 0.409. The maximum Gasteiger partial charge on any atom is 0.257 e. The molecular weight excluding hydrogens is 400 g/mol. The van der Waals surface area contributed by atoms with Crippen LogP contribution in [0, 0.1) is 0 Å². The second-order valence-electron chi connectivity index (χ2n) is 7.16. The molecule has 4 rings (SSSR count). The lowest BCUT2D eigenvalue weighted by molar-refractivity contribution is 0.0631. The molecule has 0 aliphatic carbocycles. The second-order valence-corrected chi connectivity index (χ2v) is 8.10. The van der Waals surface area contributed by atoms with E-state index in [9.17, 15) is 4.79 Å². The highest BCUT2D eigenvalue weighted by atomic mass is 32.1. The maximum atomic E-state index is 12.9. The first-order chi connectivity index (χ1) is 14.7. The van der Waals surface area contributed by atoms with Crippen molar-refractivity contribution < 1.29 is 14.1 Å². The lowest BCUT2D eigenvalue weighted by Crippen LogP contribution is -2.48. The Labute approximate surface area is 180 Å². The summed E-state index contributed by atoms with van der Waals surface area (Å²) in [6.45, 7) is 6.61. The van der Waals surface area contributed by atoms with E-state index in [0.717, 1.165) is 50.4 Å². The Kier molecular flexibility index (Phi) is 6.76. The Balaban J connectivity index is 1.23. The van der Waals surface area contributed by atoms with Gasteiger partial charge in [0.25, 0.3) is 5.91 Å². The van der Waals surface area contributed by atoms with Crippen LogP contribution < -0.4 is 4.74 Å². The molecule has 0 radical (unpaired) electrons. The third kappa shape index (κ3) is 4.88. The van der Waals surface area contributed by atoms with Crippen LogP contribution in [0.15, 0.2) is 46.3 Å². The molecule has 1 fully saturated rings. The van der Waals surface area contributed by atoms with Gasteiger partial charge in [-0.1, -0.05) is 23.4 Å². The van der Waals surface area contributed by atoms with Crippen molar-refractivity contribution in [2.45, 2.75) is 19.8 Å². The number of carbonyl (C=O) groups excluding carboxylic acids is 1. The smallest absolute Gasteiger partial charge is 0.257 e. The lowest BCUT2D eigenvalue weighted by atomic mass is 10.1. The Morgan fingerprint density at radius 3 is 2.77 bits per heavy atom. The minimum Gasteiger partial charge on any atom is -0.493 e. The SMILES string of the molecule is CCOc1ccccc1C(=O)N1CCN(CCCc2nc(-c3cccs3)no2)CC1. The van der Waals surface area contributed by atoms with Gasteiger partial charge >= 0.3 is 0 Å². The van der Waals surface area contributed by atoms with Crippen LogP contribution in [0.1, 0.15) is 29.6 Å². The van der Waals surface area contributed by atoms with E-state index in [1.807, 2.05) is 53.6 Å². The number of benzene rings is 1. The fourth-order valence-electron chi connectivity index (χ4n) is 3.59. The van der Waals surface area contributed by atoms with Crippen molar-refractivity contribution in [2.75, 3.05) is 39.3 Å². The lowest BCUT2D eigenvalue weighted by Gasteiger charge is -2.35. The number of aromatic nitrogens is 2. The molecule has 8 heteroatoms. The number of thiophene rings is 1. The molecule has 0 spiro atoms. The molecule has 30 heavy (non-hydrogen) atoms. The molecule has 1 amide bonds. The van der Waals surface area contributed by atoms with Crippen LogP contribution >= 0.6 is 11.3 Å². The predicted molar refractivity (Wildman–Crippen MR) is 116 cm³/mol. The standard InChI is InChI=1S/C22H26N4O3S/c1-2-28-18-8-4-3-7-17(18)22(27)26-14-12-25(13-15-26)11-5-10-20-23-21(24-29-20)19-9-6-16-30-19/h3-4,6-9,16H,2,5,10-15H2,1H3. The number of hydrogen-bond acceptors (Lipinski definition) is 7. The van der Waals surface area contributed by atoms with Crippen molar-refractivity contribution in [1.29, 1.82) is 0 Å². The third-order valence-electron chi connectivity index (χ3n) is 5.15. The molecule has 158 valence electrons. The number of aryl methyl sites for hydroxylation is 1. The molecule has 0 atom stereocenters. The highest BCUT2D eigenvalue weighted by Crippen LogP contribution is 2.22. The molecule has 2 aromatic heterocycles. The van der Waals surface area contributed by atoms with Crippen LogP contribution in [0.5, 0.6) is 5.75 Å². The first-order valence-corrected chi connectivity index (χ1v) is 11.2. The number of amides is 1. The van der Waals surface area contributed by atoms with Crippen molar-refractivity contribution >= 4 is 17.2 Å². The normalized spacial score (nSPS) is 14.8. The van der Waals surface area contributed by atoms with Crippen LogP contribution in [0.3, 0.4) is 0 Å². The van der Waals surface area contributed by atoms with Crippen molar-refractivity contribution in [3.8, 4) is 16.5 Å². The summed E-state index contributed by atoms with van der Waals surface area (Å²) >= 11 is 1.61. The topological polar surface area (TPSA) is 71.7 Å². The quantitative estimate of drug-likeness (QED) is 0.548. The van der Waals surface area contributed by atoms with Crippen molar-refractivity contribution in [3.05, 3.63) is 53.2 Å². The van der Waals surface area contributed by atoms with E-state index in [-0.39, 0.29) is 5.91 Å². The van der Waals surface area contributed by atoms with Crippen LogP contribution in [-0.2, 0) is 6.42 Å². The van der Waals surface area contributed by atoms with E-state index in [2.05, 4.69) is 15.0 Å². The van der Waals surface area contributed by atoms with Gasteiger partial charge in [0, 0.05) is 32.6 Å². The van der Waals surface area contributed by atoms with Gasteiger partial charge in [-0.25, -0.2) is 0 Å². The molecule has 1 aliphatic heterocycles. The average Bonchev–Trinajstić information content (AvgIpc) is 3.47. The monoisotopic (exact) mass is 426 g/mol. The number of nitrogens with zero attached hydrogens (tertiary/aromatic N) is 4. The van der Waals surface area contributed by atoms with Gasteiger partial charge in [-0.2, -0.15) is 4.98 Å². The zero-order valence-corrected chi connectivity index (χ0v) is 17.9. The first-order valence-electron chi connectivity index (χ1n) is 10.3. The number of para-hydroxylation sites is 1. The summed E-state index contributed by atoms with van der Waals surface area (Å²) < 4.78 is 11.0. The van der Waals surface area contributed by atoms with Gasteiger partial charge in [-0.15, -0.1) is 11.3 Å². The zero-order chi connectivity index (χ0) is 20.8. The van der Waals surface area contributed by atoms with Crippen LogP contribution in [-0.4, -0.2) is 65.2 Å². The molecule has 7 nitrogen and oxygen atoms in total. The van der Waals surface area contributed by atoms with Crippen LogP contribution in [0.2, 0.25) is 0 Å². The molecule has 3 aromatic rings. The highest BCUT2D eigenvalue weighted by Gasteiger charge is 2.24. The summed E-state index contributed by atoms with van der Waals surface area (Å²) in [6, 6.07) is 11.4. The second kappa shape index (κ2) is 9.86. The van der Waals surface area contributed by atoms with Gasteiger partial charge in [-0.05, 0) is 43.5 Å². The minimum absolute atomic E-state index is 0.0469. The van der Waals surface area contributed by atoms with E-state index in [1.165, 1.54) is 0 Å². The summed E-state index contributed by atoms with van der Waals surface area (Å²) in [5, 5.41) is 6.06. The van der Waals surface area contributed by atoms with Gasteiger partial charge < -0.3 is 14.2 Å². The molecule has 0 N–H and O–H groups in total. The Morgan fingerprint density at radius 1 is 1.17 bits per heavy atom. The van der Waals surface area contributed by atoms with E-state index in [0.29, 0.717) is 29.6 Å². The molecule has 1 aliphatic rings. The van der Waals surface area contributed by atoms with E-state index in [4.69, 9.17) is 9.26 Å². The van der Waals surface area contributed by atoms with Crippen molar-refractivity contribution in [2.24, 2.45) is 0 Å². The molecule has 3 heterocycles. The van der Waals surface area contributed by atoms with Gasteiger partial charge in [-0.3, -0.25) is 9.69 Å². The Bertz CT molecular complexity index is 949. The van der Waals surface area contributed by atoms with Crippen LogP contribution in [0.25, 0.3) is 10.7 Å². The third-order valence-corrected chi connectivity index (χ3v) is 6.02. The summed E-state index contributed by atoms with van der Waals surface area (Å²) in [6.07, 6.45) is 1.71. The Morgan fingerprint density at radius 2 is 2.00 bits per heavy atom. The maximum absolute atomic E-state index is 12.9. The summed E-state index contributed by atoms with van der Waals surface area (Å²) in [5.41, 5.74) is 0.644. The van der Waals surface area contributed by atoms with Gasteiger partial charge in [0.15, 0.2) is 0 Å². The van der Waals surface area contributed by atoms with Crippen LogP contribution in [0.4, 0.5) is 0 Å². The number of rotatable bonds is 8. The number of carbonyl (C=O) groups is 1. The average molecular weight is 427 g/mol. The van der Waals surface area contributed by atoms with E-state index in [1.54, 1.807) is 11.3 Å². The number of piperazine rings is 1. The molecule has 1 aromatic carbocycles. The molecular formula is C22H26N4O3S. The van der Waals surface area contributed by atoms with Gasteiger partial charge in [0.1, 0.15) is 5.75 Å². The summed E-state index contributed by atoms with van der Waals surface area (Å²) in [4.78, 5) is 22.7. The molecule has 0 saturated carbocycles. The summed E-state index contributed by atoms with van der Waals surface area (Å²) in [5.74, 6) is 2.05. The van der Waals surface area contributed by atoms with E-state index >= 15 is 0 Å². The van der Waals surface area contributed by atoms with Crippen molar-refractivity contribution in [3.63, 3.8) is 0 Å². The highest BCUT2D eigenvalue weighted by molar-refractivity contribution is 7.13. The molecule has 0 unspecified atom stereocenters. The van der Waals surface area contributed by atoms with Gasteiger partial charge in [0.05, 0.1) is 17.0 Å². The number of ether oxygens (including phenoxy) is 1. The largest absolute Gasteiger partial charge is 0.493 e. The van der Waals surface area contributed by atoms with E-state index < -0.39 is 0 Å². The predicted octanol–water partition coefficient (Wildman–Crippen LogP) is 3.59. The Hall–Kier alpha value is -2.71. The minimum atomic E-state index is 0.0469. The van der Waals surface area contributed by atoms with Crippen molar-refractivity contribution in [1.82, 2.24) is 19.9 Å². The molecule has 0 bridgehead atoms. The fourth-order valence-corrected chi connectivity index (χ4v) is 4.23. The zero-order valence-electron chi connectivity index (χ0n) is 17.1. The summed E-state index contributed by atoms with van der Waals surface area (Å²) in [7, 11) is 0. The molecule has 1 saturated heterocycles. The van der Waals surface area contributed by atoms with Gasteiger partial charge in [0.2, 0.25) is 11.7 Å².